The second-order valence-corrected chi connectivity index (χ2v) is 4.26. The van der Waals surface area contributed by atoms with Crippen molar-refractivity contribution in [1.82, 2.24) is 9.78 Å². The van der Waals surface area contributed by atoms with Crippen LogP contribution in [0.2, 0.25) is 0 Å². The van der Waals surface area contributed by atoms with Crippen LogP contribution in [0.4, 0.5) is 0 Å². The first-order valence-electron chi connectivity index (χ1n) is 6.35. The number of aromatic nitrogens is 2. The Kier molecular flexibility index (Phi) is 4.06. The van der Waals surface area contributed by atoms with E-state index in [1.807, 2.05) is 6.07 Å². The normalized spacial score (nSPS) is 10.7. The van der Waals surface area contributed by atoms with E-state index in [1.54, 1.807) is 30.0 Å². The monoisotopic (exact) mass is 261 g/mol. The number of phenolic OH excluding ortho intramolecular Hbond substituents is 1. The molecule has 5 heteroatoms. The number of benzene rings is 1. The molecule has 0 aliphatic carbocycles. The summed E-state index contributed by atoms with van der Waals surface area (Å²) in [6.45, 7) is 2.60. The van der Waals surface area contributed by atoms with E-state index in [2.05, 4.69) is 12.0 Å². The fourth-order valence-electron chi connectivity index (χ4n) is 2.17. The van der Waals surface area contributed by atoms with E-state index in [9.17, 15) is 5.11 Å². The van der Waals surface area contributed by atoms with Crippen LogP contribution in [0.5, 0.6) is 11.6 Å². The van der Waals surface area contributed by atoms with Crippen molar-refractivity contribution in [3.63, 3.8) is 0 Å². The van der Waals surface area contributed by atoms with Crippen molar-refractivity contribution in [1.29, 1.82) is 0 Å². The summed E-state index contributed by atoms with van der Waals surface area (Å²) in [5, 5.41) is 14.1. The summed E-state index contributed by atoms with van der Waals surface area (Å²) in [4.78, 5) is 0. The first-order valence-corrected chi connectivity index (χ1v) is 6.35. The molecule has 2 aromatic rings. The third kappa shape index (κ3) is 2.56. The summed E-state index contributed by atoms with van der Waals surface area (Å²) in [5.41, 5.74) is 8.44. The zero-order valence-electron chi connectivity index (χ0n) is 11.3. The summed E-state index contributed by atoms with van der Waals surface area (Å²) in [6.07, 6.45) is 1.54. The van der Waals surface area contributed by atoms with Crippen LogP contribution in [0.3, 0.4) is 0 Å². The molecule has 0 aliphatic heterocycles. The summed E-state index contributed by atoms with van der Waals surface area (Å²) in [5.74, 6) is 0.890. The number of hydrogen-bond acceptors (Lipinski definition) is 4. The Morgan fingerprint density at radius 3 is 2.79 bits per heavy atom. The molecule has 0 fully saturated rings. The number of nitrogens with zero attached hydrogens (tertiary/aromatic N) is 2. The second kappa shape index (κ2) is 5.75. The summed E-state index contributed by atoms with van der Waals surface area (Å²) in [6, 6.07) is 6.93. The number of nitrogens with two attached hydrogens (primary N) is 1. The van der Waals surface area contributed by atoms with Gasteiger partial charge in [-0.2, -0.15) is 5.10 Å². The van der Waals surface area contributed by atoms with Gasteiger partial charge in [0.25, 0.3) is 0 Å². The van der Waals surface area contributed by atoms with Gasteiger partial charge in [-0.05, 0) is 31.5 Å². The van der Waals surface area contributed by atoms with Crippen molar-refractivity contribution in [2.45, 2.75) is 19.8 Å². The number of rotatable bonds is 5. The molecule has 19 heavy (non-hydrogen) atoms. The van der Waals surface area contributed by atoms with Crippen molar-refractivity contribution < 1.29 is 9.84 Å². The lowest BCUT2D eigenvalue weighted by Gasteiger charge is -2.08. The van der Waals surface area contributed by atoms with E-state index in [1.165, 1.54) is 0 Å². The van der Waals surface area contributed by atoms with E-state index in [0.717, 1.165) is 29.8 Å². The fraction of sp³-hybridized carbons (Fsp3) is 0.357. The number of hydrogen-bond donors (Lipinski definition) is 2. The minimum atomic E-state index is 0.202. The lowest BCUT2D eigenvalue weighted by atomic mass is 10.1. The number of methoxy groups -OCH3 is 1. The molecule has 2 rings (SSSR count). The molecule has 0 atom stereocenters. The van der Waals surface area contributed by atoms with Crippen molar-refractivity contribution in [3.8, 4) is 17.3 Å². The van der Waals surface area contributed by atoms with Gasteiger partial charge in [-0.15, -0.1) is 0 Å². The zero-order chi connectivity index (χ0) is 13.8. The van der Waals surface area contributed by atoms with Gasteiger partial charge in [-0.25, -0.2) is 4.68 Å². The van der Waals surface area contributed by atoms with Crippen LogP contribution >= 0.6 is 0 Å². The Balaban J connectivity index is 2.56. The SMILES string of the molecule is CCc1nn(-c2cccc(O)c2)c(OC)c1CCN. The van der Waals surface area contributed by atoms with Crippen LogP contribution in [-0.4, -0.2) is 28.5 Å². The average molecular weight is 261 g/mol. The van der Waals surface area contributed by atoms with Crippen molar-refractivity contribution in [2.24, 2.45) is 5.73 Å². The molecule has 0 aliphatic rings. The third-order valence-electron chi connectivity index (χ3n) is 3.02. The standard InChI is InChI=1S/C14H19N3O2/c1-3-13-12(7-8-15)14(19-2)17(16-13)10-5-4-6-11(18)9-10/h4-6,9,18H,3,7-8,15H2,1-2H3. The third-order valence-corrected chi connectivity index (χ3v) is 3.02. The van der Waals surface area contributed by atoms with E-state index in [0.29, 0.717) is 12.4 Å². The predicted octanol–water partition coefficient (Wildman–Crippen LogP) is 1.65. The number of aromatic hydroxyl groups is 1. The Bertz CT molecular complexity index is 564. The Morgan fingerprint density at radius 2 is 2.21 bits per heavy atom. The highest BCUT2D eigenvalue weighted by Crippen LogP contribution is 2.27. The molecule has 102 valence electrons. The molecule has 0 bridgehead atoms. The first-order chi connectivity index (χ1) is 9.21. The van der Waals surface area contributed by atoms with Gasteiger partial charge in [-0.1, -0.05) is 13.0 Å². The van der Waals surface area contributed by atoms with Crippen LogP contribution in [0.25, 0.3) is 5.69 Å². The van der Waals surface area contributed by atoms with Crippen LogP contribution in [-0.2, 0) is 12.8 Å². The minimum absolute atomic E-state index is 0.202. The maximum absolute atomic E-state index is 9.57. The number of ether oxygens (including phenoxy) is 1. The van der Waals surface area contributed by atoms with E-state index in [-0.39, 0.29) is 5.75 Å². The van der Waals surface area contributed by atoms with Gasteiger partial charge in [0.2, 0.25) is 5.88 Å². The van der Waals surface area contributed by atoms with Crippen molar-refractivity contribution >= 4 is 0 Å². The van der Waals surface area contributed by atoms with Gasteiger partial charge in [0.1, 0.15) is 5.75 Å². The van der Waals surface area contributed by atoms with E-state index < -0.39 is 0 Å². The van der Waals surface area contributed by atoms with Crippen LogP contribution in [0.1, 0.15) is 18.2 Å². The van der Waals surface area contributed by atoms with E-state index in [4.69, 9.17) is 10.5 Å². The van der Waals surface area contributed by atoms with Gasteiger partial charge in [-0.3, -0.25) is 0 Å². The van der Waals surface area contributed by atoms with Crippen molar-refractivity contribution in [3.05, 3.63) is 35.5 Å². The van der Waals surface area contributed by atoms with Crippen LogP contribution in [0, 0.1) is 0 Å². The lowest BCUT2D eigenvalue weighted by Crippen LogP contribution is -2.05. The summed E-state index contributed by atoms with van der Waals surface area (Å²) >= 11 is 0. The lowest BCUT2D eigenvalue weighted by molar-refractivity contribution is 0.379. The average Bonchev–Trinajstić information content (AvgIpc) is 2.77. The Morgan fingerprint density at radius 1 is 1.42 bits per heavy atom. The molecule has 1 aromatic heterocycles. The largest absolute Gasteiger partial charge is 0.508 e. The molecule has 5 nitrogen and oxygen atoms in total. The molecule has 0 amide bonds. The Hall–Kier alpha value is -2.01. The van der Waals surface area contributed by atoms with Gasteiger partial charge < -0.3 is 15.6 Å². The molecule has 0 spiro atoms. The van der Waals surface area contributed by atoms with E-state index >= 15 is 0 Å². The van der Waals surface area contributed by atoms with Gasteiger partial charge in [0.05, 0.1) is 18.5 Å². The fourth-order valence-corrected chi connectivity index (χ4v) is 2.17. The highest BCUT2D eigenvalue weighted by Gasteiger charge is 2.18. The smallest absolute Gasteiger partial charge is 0.219 e. The maximum atomic E-state index is 9.57. The van der Waals surface area contributed by atoms with Crippen LogP contribution in [0.15, 0.2) is 24.3 Å². The molecular weight excluding hydrogens is 242 g/mol. The quantitative estimate of drug-likeness (QED) is 0.858. The maximum Gasteiger partial charge on any atom is 0.219 e. The molecule has 1 aromatic carbocycles. The Labute approximate surface area is 112 Å². The summed E-state index contributed by atoms with van der Waals surface area (Å²) < 4.78 is 7.18. The van der Waals surface area contributed by atoms with Crippen LogP contribution < -0.4 is 10.5 Å². The molecule has 3 N–H and O–H groups in total. The predicted molar refractivity (Wildman–Crippen MR) is 73.9 cm³/mol. The highest BCUT2D eigenvalue weighted by atomic mass is 16.5. The molecule has 0 saturated heterocycles. The number of aryl methyl sites for hydroxylation is 1. The zero-order valence-corrected chi connectivity index (χ0v) is 11.3. The first kappa shape index (κ1) is 13.4. The van der Waals surface area contributed by atoms with Crippen molar-refractivity contribution in [2.75, 3.05) is 13.7 Å². The van der Waals surface area contributed by atoms with Gasteiger partial charge >= 0.3 is 0 Å². The summed E-state index contributed by atoms with van der Waals surface area (Å²) in [7, 11) is 1.62. The molecule has 1 heterocycles. The molecule has 0 unspecified atom stereocenters. The second-order valence-electron chi connectivity index (χ2n) is 4.26. The number of phenols is 1. The molecule has 0 saturated carbocycles. The highest BCUT2D eigenvalue weighted by molar-refractivity contribution is 5.44. The van der Waals surface area contributed by atoms with Gasteiger partial charge in [0, 0.05) is 11.6 Å². The minimum Gasteiger partial charge on any atom is -0.508 e. The molecular formula is C14H19N3O2. The topological polar surface area (TPSA) is 73.3 Å². The van der Waals surface area contributed by atoms with Gasteiger partial charge in [0.15, 0.2) is 0 Å². The molecule has 0 radical (unpaired) electrons.